The average molecular weight is 375 g/mol. The first kappa shape index (κ1) is 17.4. The predicted molar refractivity (Wildman–Crippen MR) is 108 cm³/mol. The molecule has 5 heteroatoms. The lowest BCUT2D eigenvalue weighted by atomic mass is 10.2. The largest absolute Gasteiger partial charge is 0.422 e. The summed E-state index contributed by atoms with van der Waals surface area (Å²) in [6, 6.07) is 22.6. The van der Waals surface area contributed by atoms with Crippen LogP contribution in [0.4, 0.5) is 0 Å². The molecule has 4 aromatic rings. The van der Waals surface area contributed by atoms with Crippen molar-refractivity contribution in [3.63, 3.8) is 0 Å². The third-order valence-electron chi connectivity index (χ3n) is 4.33. The summed E-state index contributed by atoms with van der Waals surface area (Å²) in [5.74, 6) is 0. The minimum Gasteiger partial charge on any atom is -0.422 e. The molecule has 0 saturated carbocycles. The standard InChI is InChI=1S/C22H17NO3S/c1-15-12-18-21(22(25)23(15)14-16-8-4-2-5-9-16)19(13-20(24)26-18)27-17-10-6-3-7-11-17/h2-13H,14H2,1H3. The molecular weight excluding hydrogens is 358 g/mol. The van der Waals surface area contributed by atoms with Gasteiger partial charge in [-0.25, -0.2) is 4.79 Å². The number of pyridine rings is 1. The van der Waals surface area contributed by atoms with Crippen LogP contribution in [0.25, 0.3) is 11.0 Å². The first-order valence-electron chi connectivity index (χ1n) is 8.57. The van der Waals surface area contributed by atoms with Crippen molar-refractivity contribution in [1.82, 2.24) is 4.57 Å². The first-order chi connectivity index (χ1) is 13.1. The molecule has 27 heavy (non-hydrogen) atoms. The first-order valence-corrected chi connectivity index (χ1v) is 9.38. The number of aryl methyl sites for hydroxylation is 1. The predicted octanol–water partition coefficient (Wildman–Crippen LogP) is 4.46. The maximum absolute atomic E-state index is 13.3. The molecule has 2 aromatic carbocycles. The maximum atomic E-state index is 13.3. The molecular formula is C22H17NO3S. The Hall–Kier alpha value is -3.05. The van der Waals surface area contributed by atoms with E-state index < -0.39 is 5.63 Å². The number of fused-ring (bicyclic) bond motifs is 1. The number of benzene rings is 2. The Morgan fingerprint density at radius 1 is 0.926 bits per heavy atom. The van der Waals surface area contributed by atoms with Gasteiger partial charge in [0.2, 0.25) is 0 Å². The van der Waals surface area contributed by atoms with Crippen LogP contribution in [0.5, 0.6) is 0 Å². The van der Waals surface area contributed by atoms with E-state index >= 15 is 0 Å². The molecule has 2 aromatic heterocycles. The highest BCUT2D eigenvalue weighted by atomic mass is 32.2. The van der Waals surface area contributed by atoms with E-state index in [0.29, 0.717) is 22.4 Å². The number of hydrogen-bond acceptors (Lipinski definition) is 4. The molecule has 0 atom stereocenters. The minimum absolute atomic E-state index is 0.156. The van der Waals surface area contributed by atoms with Gasteiger partial charge in [0.15, 0.2) is 0 Å². The number of hydrogen-bond donors (Lipinski definition) is 0. The lowest BCUT2D eigenvalue weighted by Gasteiger charge is -2.13. The maximum Gasteiger partial charge on any atom is 0.337 e. The zero-order valence-corrected chi connectivity index (χ0v) is 15.5. The molecule has 2 heterocycles. The Balaban J connectivity index is 1.90. The molecule has 0 spiro atoms. The van der Waals surface area contributed by atoms with Crippen molar-refractivity contribution in [3.8, 4) is 0 Å². The van der Waals surface area contributed by atoms with Crippen LogP contribution in [0.2, 0.25) is 0 Å². The molecule has 4 nitrogen and oxygen atoms in total. The van der Waals surface area contributed by atoms with Gasteiger partial charge in [0.25, 0.3) is 5.56 Å². The van der Waals surface area contributed by atoms with Crippen molar-refractivity contribution in [2.24, 2.45) is 0 Å². The van der Waals surface area contributed by atoms with Crippen LogP contribution in [-0.2, 0) is 6.54 Å². The normalized spacial score (nSPS) is 11.0. The molecule has 0 unspecified atom stereocenters. The summed E-state index contributed by atoms with van der Waals surface area (Å²) in [5.41, 5.74) is 1.50. The van der Waals surface area contributed by atoms with Gasteiger partial charge in [-0.15, -0.1) is 0 Å². The molecule has 4 rings (SSSR count). The van der Waals surface area contributed by atoms with Gasteiger partial charge in [0, 0.05) is 27.6 Å². The van der Waals surface area contributed by atoms with E-state index in [-0.39, 0.29) is 5.56 Å². The Morgan fingerprint density at radius 3 is 2.30 bits per heavy atom. The second-order valence-electron chi connectivity index (χ2n) is 6.25. The third-order valence-corrected chi connectivity index (χ3v) is 5.38. The second kappa shape index (κ2) is 7.29. The third kappa shape index (κ3) is 3.59. The second-order valence-corrected chi connectivity index (χ2v) is 7.36. The van der Waals surface area contributed by atoms with E-state index in [4.69, 9.17) is 4.42 Å². The van der Waals surface area contributed by atoms with Gasteiger partial charge >= 0.3 is 5.63 Å². The van der Waals surface area contributed by atoms with Gasteiger partial charge < -0.3 is 8.98 Å². The van der Waals surface area contributed by atoms with Crippen molar-refractivity contribution in [3.05, 3.63) is 105 Å². The number of aromatic nitrogens is 1. The van der Waals surface area contributed by atoms with E-state index in [9.17, 15) is 9.59 Å². The fourth-order valence-corrected chi connectivity index (χ4v) is 4.02. The summed E-state index contributed by atoms with van der Waals surface area (Å²) >= 11 is 1.39. The highest BCUT2D eigenvalue weighted by molar-refractivity contribution is 7.99. The summed E-state index contributed by atoms with van der Waals surface area (Å²) in [6.45, 7) is 2.32. The van der Waals surface area contributed by atoms with Crippen LogP contribution >= 0.6 is 11.8 Å². The Bertz CT molecular complexity index is 1210. The highest BCUT2D eigenvalue weighted by Gasteiger charge is 2.15. The average Bonchev–Trinajstić information content (AvgIpc) is 2.66. The summed E-state index contributed by atoms with van der Waals surface area (Å²) in [4.78, 5) is 26.8. The van der Waals surface area contributed by atoms with Crippen molar-refractivity contribution in [2.45, 2.75) is 23.3 Å². The molecule has 0 fully saturated rings. The van der Waals surface area contributed by atoms with Gasteiger partial charge in [-0.3, -0.25) is 4.79 Å². The van der Waals surface area contributed by atoms with Crippen molar-refractivity contribution in [1.29, 1.82) is 0 Å². The molecule has 0 aliphatic rings. The van der Waals surface area contributed by atoms with Gasteiger partial charge in [0.1, 0.15) is 5.58 Å². The fraction of sp³-hybridized carbons (Fsp3) is 0.0909. The minimum atomic E-state index is -0.458. The molecule has 0 saturated heterocycles. The van der Waals surface area contributed by atoms with Gasteiger partial charge in [-0.2, -0.15) is 0 Å². The zero-order chi connectivity index (χ0) is 18.8. The van der Waals surface area contributed by atoms with Crippen LogP contribution < -0.4 is 11.2 Å². The molecule has 0 amide bonds. The molecule has 0 aliphatic heterocycles. The van der Waals surface area contributed by atoms with Crippen molar-refractivity contribution in [2.75, 3.05) is 0 Å². The highest BCUT2D eigenvalue weighted by Crippen LogP contribution is 2.31. The summed E-state index contributed by atoms with van der Waals surface area (Å²) in [5, 5.41) is 0.435. The van der Waals surface area contributed by atoms with Crippen molar-refractivity contribution < 1.29 is 4.42 Å². The molecule has 134 valence electrons. The Labute approximate surface area is 160 Å². The van der Waals surface area contributed by atoms with Gasteiger partial charge in [0.05, 0.1) is 11.9 Å². The monoisotopic (exact) mass is 375 g/mol. The summed E-state index contributed by atoms with van der Waals surface area (Å²) < 4.78 is 7.04. The van der Waals surface area contributed by atoms with Crippen LogP contribution in [-0.4, -0.2) is 4.57 Å². The van der Waals surface area contributed by atoms with Crippen LogP contribution in [0.1, 0.15) is 11.3 Å². The number of nitrogens with zero attached hydrogens (tertiary/aromatic N) is 1. The molecule has 0 aliphatic carbocycles. The molecule has 0 bridgehead atoms. The summed E-state index contributed by atoms with van der Waals surface area (Å²) in [7, 11) is 0. The SMILES string of the molecule is Cc1cc2oc(=O)cc(Sc3ccccc3)c2c(=O)n1Cc1ccccc1. The lowest BCUT2D eigenvalue weighted by molar-refractivity contribution is 0.553. The Morgan fingerprint density at radius 2 is 1.59 bits per heavy atom. The topological polar surface area (TPSA) is 52.2 Å². The lowest BCUT2D eigenvalue weighted by Crippen LogP contribution is -2.24. The van der Waals surface area contributed by atoms with Gasteiger partial charge in [-0.1, -0.05) is 60.3 Å². The van der Waals surface area contributed by atoms with E-state index in [1.807, 2.05) is 67.6 Å². The molecule has 0 N–H and O–H groups in total. The van der Waals surface area contributed by atoms with Crippen molar-refractivity contribution >= 4 is 22.7 Å². The van der Waals surface area contributed by atoms with E-state index in [1.165, 1.54) is 17.8 Å². The van der Waals surface area contributed by atoms with Crippen LogP contribution in [0, 0.1) is 6.92 Å². The van der Waals surface area contributed by atoms with Crippen LogP contribution in [0.15, 0.2) is 96.6 Å². The van der Waals surface area contributed by atoms with E-state index in [0.717, 1.165) is 16.2 Å². The van der Waals surface area contributed by atoms with E-state index in [2.05, 4.69) is 0 Å². The smallest absolute Gasteiger partial charge is 0.337 e. The quantitative estimate of drug-likeness (QED) is 0.528. The fourth-order valence-electron chi connectivity index (χ4n) is 3.02. The molecule has 0 radical (unpaired) electrons. The summed E-state index contributed by atoms with van der Waals surface area (Å²) in [6.07, 6.45) is 0. The zero-order valence-electron chi connectivity index (χ0n) is 14.7. The van der Waals surface area contributed by atoms with Crippen LogP contribution in [0.3, 0.4) is 0 Å². The number of rotatable bonds is 4. The van der Waals surface area contributed by atoms with Gasteiger partial charge in [-0.05, 0) is 24.6 Å². The van der Waals surface area contributed by atoms with E-state index in [1.54, 1.807) is 10.6 Å². The Kier molecular flexibility index (Phi) is 4.69.